The quantitative estimate of drug-likeness (QED) is 0.732. The maximum atomic E-state index is 12.9. The molecule has 0 atom stereocenters. The third-order valence-electron chi connectivity index (χ3n) is 5.21. The molecule has 1 aromatic carbocycles. The van der Waals surface area contributed by atoms with Crippen molar-refractivity contribution in [3.63, 3.8) is 0 Å². The normalized spacial score (nSPS) is 14.0. The van der Waals surface area contributed by atoms with Crippen LogP contribution in [0.25, 0.3) is 0 Å². The number of rotatable bonds is 6. The second kappa shape index (κ2) is 12.0. The summed E-state index contributed by atoms with van der Waals surface area (Å²) in [7, 11) is 1.99. The molecule has 0 saturated carbocycles. The molecule has 2 aromatic rings. The first-order valence-electron chi connectivity index (χ1n) is 9.65. The first kappa shape index (κ1) is 25.2. The number of hydrogen-bond acceptors (Lipinski definition) is 4. The number of aryl methyl sites for hydroxylation is 2. The number of carbonyl (C=O) groups is 1. The van der Waals surface area contributed by atoms with Crippen LogP contribution in [-0.4, -0.2) is 42.5 Å². The van der Waals surface area contributed by atoms with E-state index in [9.17, 15) is 4.79 Å². The van der Waals surface area contributed by atoms with Crippen LogP contribution >= 0.6 is 24.8 Å². The molecule has 160 valence electrons. The van der Waals surface area contributed by atoms with Crippen molar-refractivity contribution in [2.75, 3.05) is 26.7 Å². The van der Waals surface area contributed by atoms with Crippen molar-refractivity contribution in [2.24, 2.45) is 5.92 Å². The number of aromatic nitrogens is 1. The largest absolute Gasteiger partial charge is 0.488 e. The summed E-state index contributed by atoms with van der Waals surface area (Å²) in [5, 5.41) is 3.24. The molecule has 1 amide bonds. The molecule has 1 fully saturated rings. The van der Waals surface area contributed by atoms with E-state index >= 15 is 0 Å². The number of amides is 1. The van der Waals surface area contributed by atoms with Crippen LogP contribution < -0.4 is 10.1 Å². The molecule has 0 radical (unpaired) electrons. The Morgan fingerprint density at radius 1 is 1.21 bits per heavy atom. The van der Waals surface area contributed by atoms with Crippen LogP contribution in [0.2, 0.25) is 0 Å². The summed E-state index contributed by atoms with van der Waals surface area (Å²) >= 11 is 0. The minimum absolute atomic E-state index is 0. The summed E-state index contributed by atoms with van der Waals surface area (Å²) in [4.78, 5) is 19.0. The number of pyridine rings is 1. The van der Waals surface area contributed by atoms with Crippen LogP contribution in [0.3, 0.4) is 0 Å². The highest BCUT2D eigenvalue weighted by molar-refractivity contribution is 5.95. The molecule has 7 heteroatoms. The van der Waals surface area contributed by atoms with Crippen LogP contribution in [0.4, 0.5) is 0 Å². The Morgan fingerprint density at radius 3 is 2.41 bits per heavy atom. The van der Waals surface area contributed by atoms with Gasteiger partial charge in [0, 0.05) is 36.6 Å². The van der Waals surface area contributed by atoms with Gasteiger partial charge in [0.25, 0.3) is 5.91 Å². The minimum atomic E-state index is 0. The van der Waals surface area contributed by atoms with E-state index in [1.165, 1.54) is 0 Å². The molecule has 29 heavy (non-hydrogen) atoms. The van der Waals surface area contributed by atoms with Crippen LogP contribution in [-0.2, 0) is 6.61 Å². The monoisotopic (exact) mass is 439 g/mol. The fourth-order valence-electron chi connectivity index (χ4n) is 3.75. The number of benzene rings is 1. The fraction of sp³-hybridized carbons (Fsp3) is 0.455. The number of hydrogen-bond donors (Lipinski definition) is 1. The third kappa shape index (κ3) is 6.59. The van der Waals surface area contributed by atoms with Gasteiger partial charge in [-0.1, -0.05) is 6.07 Å². The lowest BCUT2D eigenvalue weighted by molar-refractivity contribution is 0.0690. The fourth-order valence-corrected chi connectivity index (χ4v) is 3.75. The highest BCUT2D eigenvalue weighted by Crippen LogP contribution is 2.27. The summed E-state index contributed by atoms with van der Waals surface area (Å²) in [5.41, 5.74) is 3.77. The minimum Gasteiger partial charge on any atom is -0.488 e. The van der Waals surface area contributed by atoms with Crippen molar-refractivity contribution >= 4 is 30.7 Å². The third-order valence-corrected chi connectivity index (χ3v) is 5.21. The van der Waals surface area contributed by atoms with Crippen LogP contribution in [0, 0.1) is 19.8 Å². The zero-order valence-electron chi connectivity index (χ0n) is 17.3. The Hall–Kier alpha value is -1.82. The molecular weight excluding hydrogens is 409 g/mol. The van der Waals surface area contributed by atoms with Gasteiger partial charge >= 0.3 is 0 Å². The highest BCUT2D eigenvalue weighted by Gasteiger charge is 2.24. The van der Waals surface area contributed by atoms with Crippen LogP contribution in [0.5, 0.6) is 5.75 Å². The van der Waals surface area contributed by atoms with Crippen molar-refractivity contribution in [3.8, 4) is 5.75 Å². The second-order valence-corrected chi connectivity index (χ2v) is 7.38. The maximum Gasteiger partial charge on any atom is 0.253 e. The predicted molar refractivity (Wildman–Crippen MR) is 122 cm³/mol. The van der Waals surface area contributed by atoms with Crippen LogP contribution in [0.15, 0.2) is 36.7 Å². The standard InChI is InChI=1S/C22H29N3O2.2ClH/c1-16-11-20(22(26)25-9-6-18(7-10-25)13-23-3)12-17(2)21(16)27-15-19-5-4-8-24-14-19;;/h4-5,8,11-12,14,18,23H,6-7,9-10,13,15H2,1-3H3;2*1H. The summed E-state index contributed by atoms with van der Waals surface area (Å²) in [5.74, 6) is 1.65. The summed E-state index contributed by atoms with van der Waals surface area (Å²) in [6, 6.07) is 7.80. The lowest BCUT2D eigenvalue weighted by atomic mass is 9.96. The van der Waals surface area contributed by atoms with E-state index in [4.69, 9.17) is 4.74 Å². The Labute approximate surface area is 186 Å². The van der Waals surface area contributed by atoms with Gasteiger partial charge in [-0.15, -0.1) is 24.8 Å². The molecule has 0 aliphatic carbocycles. The molecule has 1 saturated heterocycles. The molecular formula is C22H31Cl2N3O2. The summed E-state index contributed by atoms with van der Waals surface area (Å²) in [6.45, 7) is 7.18. The summed E-state index contributed by atoms with van der Waals surface area (Å²) in [6.07, 6.45) is 5.69. The van der Waals surface area contributed by atoms with E-state index in [0.29, 0.717) is 12.5 Å². The van der Waals surface area contributed by atoms with E-state index in [1.54, 1.807) is 12.4 Å². The number of piperidine rings is 1. The lowest BCUT2D eigenvalue weighted by Crippen LogP contribution is -2.40. The number of nitrogens with one attached hydrogen (secondary N) is 1. The number of nitrogens with zero attached hydrogens (tertiary/aromatic N) is 2. The maximum absolute atomic E-state index is 12.9. The lowest BCUT2D eigenvalue weighted by Gasteiger charge is -2.32. The Morgan fingerprint density at radius 2 is 1.86 bits per heavy atom. The molecule has 0 bridgehead atoms. The van der Waals surface area contributed by atoms with E-state index in [0.717, 1.165) is 60.5 Å². The Bertz CT molecular complexity index is 756. The molecule has 5 nitrogen and oxygen atoms in total. The molecule has 1 N–H and O–H groups in total. The van der Waals surface area contributed by atoms with Gasteiger partial charge in [0.15, 0.2) is 0 Å². The first-order valence-corrected chi connectivity index (χ1v) is 9.65. The second-order valence-electron chi connectivity index (χ2n) is 7.38. The SMILES string of the molecule is CNCC1CCN(C(=O)c2cc(C)c(OCc3cccnc3)c(C)c2)CC1.Cl.Cl. The number of carbonyl (C=O) groups excluding carboxylic acids is 1. The molecule has 2 heterocycles. The number of halogens is 2. The van der Waals surface area contributed by atoms with Crippen LogP contribution in [0.1, 0.15) is 39.9 Å². The van der Waals surface area contributed by atoms with E-state index in [2.05, 4.69) is 10.3 Å². The van der Waals surface area contributed by atoms with Crippen molar-refractivity contribution in [1.82, 2.24) is 15.2 Å². The smallest absolute Gasteiger partial charge is 0.253 e. The van der Waals surface area contributed by atoms with E-state index in [1.807, 2.05) is 50.1 Å². The van der Waals surface area contributed by atoms with Gasteiger partial charge in [0.1, 0.15) is 12.4 Å². The summed E-state index contributed by atoms with van der Waals surface area (Å²) < 4.78 is 6.00. The topological polar surface area (TPSA) is 54.5 Å². The molecule has 1 aliphatic rings. The van der Waals surface area contributed by atoms with Crippen molar-refractivity contribution in [3.05, 3.63) is 58.9 Å². The zero-order valence-corrected chi connectivity index (χ0v) is 18.9. The predicted octanol–water partition coefficient (Wildman–Crippen LogP) is 4.19. The average molecular weight is 440 g/mol. The molecule has 0 unspecified atom stereocenters. The van der Waals surface area contributed by atoms with E-state index < -0.39 is 0 Å². The van der Waals surface area contributed by atoms with E-state index in [-0.39, 0.29) is 30.7 Å². The van der Waals surface area contributed by atoms with Gasteiger partial charge in [-0.2, -0.15) is 0 Å². The van der Waals surface area contributed by atoms with Crippen molar-refractivity contribution < 1.29 is 9.53 Å². The highest BCUT2D eigenvalue weighted by atomic mass is 35.5. The average Bonchev–Trinajstić information content (AvgIpc) is 2.68. The van der Waals surface area contributed by atoms with Gasteiger partial charge in [-0.05, 0) is 75.5 Å². The van der Waals surface area contributed by atoms with Gasteiger partial charge in [-0.3, -0.25) is 9.78 Å². The number of likely N-dealkylation sites (tertiary alicyclic amines) is 1. The van der Waals surface area contributed by atoms with Gasteiger partial charge in [-0.25, -0.2) is 0 Å². The zero-order chi connectivity index (χ0) is 19.2. The Balaban J connectivity index is 0.00000210. The molecule has 1 aromatic heterocycles. The molecule has 0 spiro atoms. The first-order chi connectivity index (χ1) is 13.1. The van der Waals surface area contributed by atoms with Crippen molar-refractivity contribution in [1.29, 1.82) is 0 Å². The molecule has 3 rings (SSSR count). The number of ether oxygens (including phenoxy) is 1. The van der Waals surface area contributed by atoms with Gasteiger partial charge < -0.3 is 15.0 Å². The molecule has 1 aliphatic heterocycles. The van der Waals surface area contributed by atoms with Gasteiger partial charge in [0.05, 0.1) is 0 Å². The Kier molecular flexibility index (Phi) is 10.4. The van der Waals surface area contributed by atoms with Gasteiger partial charge in [0.2, 0.25) is 0 Å². The van der Waals surface area contributed by atoms with Crippen molar-refractivity contribution in [2.45, 2.75) is 33.3 Å².